The quantitative estimate of drug-likeness (QED) is 0.357. The monoisotopic (exact) mass is 552 g/mol. The molecule has 38 heavy (non-hydrogen) atoms. The van der Waals surface area contributed by atoms with Crippen molar-refractivity contribution in [2.75, 3.05) is 13.7 Å². The molecule has 1 aliphatic heterocycles. The molecule has 1 heterocycles. The number of hydrogen-bond acceptors (Lipinski definition) is 3. The molecule has 1 N–H and O–H groups in total. The van der Waals surface area contributed by atoms with Crippen molar-refractivity contribution in [2.24, 2.45) is 5.92 Å². The van der Waals surface area contributed by atoms with Crippen LogP contribution in [0.2, 0.25) is 5.02 Å². The SMILES string of the molecule is COc1ccc(CN2C(=O)C[C@@H](CNC(=O)c3cc(F)cc(C(F)(F)F)c3)[C@@H]2c2cc(F)ccc2Cl)cc1. The summed E-state index contributed by atoms with van der Waals surface area (Å²) in [5.74, 6) is -2.99. The number of halogens is 6. The Morgan fingerprint density at radius 2 is 1.76 bits per heavy atom. The maximum atomic E-state index is 14.2. The Labute approximate surface area is 220 Å². The number of nitrogens with one attached hydrogen (secondary N) is 1. The lowest BCUT2D eigenvalue weighted by Crippen LogP contribution is -2.34. The van der Waals surface area contributed by atoms with E-state index in [0.717, 1.165) is 5.56 Å². The van der Waals surface area contributed by atoms with Gasteiger partial charge in [-0.1, -0.05) is 23.7 Å². The number of amides is 2. The molecular formula is C27H22ClF5N2O3. The molecule has 3 aromatic rings. The van der Waals surface area contributed by atoms with Gasteiger partial charge >= 0.3 is 6.18 Å². The number of rotatable bonds is 7. The van der Waals surface area contributed by atoms with E-state index in [4.69, 9.17) is 16.3 Å². The van der Waals surface area contributed by atoms with Gasteiger partial charge < -0.3 is 15.0 Å². The van der Waals surface area contributed by atoms with Crippen LogP contribution in [0.4, 0.5) is 22.0 Å². The first-order chi connectivity index (χ1) is 18.0. The van der Waals surface area contributed by atoms with Crippen molar-refractivity contribution in [1.82, 2.24) is 10.2 Å². The molecule has 4 rings (SSSR count). The Kier molecular flexibility index (Phi) is 7.91. The van der Waals surface area contributed by atoms with E-state index >= 15 is 0 Å². The molecular weight excluding hydrogens is 531 g/mol. The Balaban J connectivity index is 1.60. The Morgan fingerprint density at radius 1 is 1.05 bits per heavy atom. The van der Waals surface area contributed by atoms with E-state index in [1.54, 1.807) is 24.3 Å². The molecule has 0 spiro atoms. The van der Waals surface area contributed by atoms with Gasteiger partial charge in [0.25, 0.3) is 5.91 Å². The number of hydrogen-bond donors (Lipinski definition) is 1. The highest BCUT2D eigenvalue weighted by molar-refractivity contribution is 6.31. The fourth-order valence-corrected chi connectivity index (χ4v) is 4.76. The zero-order valence-electron chi connectivity index (χ0n) is 20.0. The van der Waals surface area contributed by atoms with E-state index in [1.165, 1.54) is 30.2 Å². The van der Waals surface area contributed by atoms with E-state index in [2.05, 4.69) is 5.32 Å². The number of benzene rings is 3. The second-order valence-corrected chi connectivity index (χ2v) is 9.29. The van der Waals surface area contributed by atoms with Gasteiger partial charge in [0.2, 0.25) is 5.91 Å². The standard InChI is InChI=1S/C27H22ClF5N2O3/c1-38-21-5-2-15(3-6-21)14-35-24(36)10-17(25(35)22-12-19(29)4-7-23(22)28)13-34-26(37)16-8-18(27(31,32)33)11-20(30)9-16/h2-9,11-12,17,25H,10,13-14H2,1H3,(H,34,37)/t17-,25+/m0/s1. The van der Waals surface area contributed by atoms with Gasteiger partial charge in [-0.15, -0.1) is 0 Å². The first-order valence-corrected chi connectivity index (χ1v) is 11.9. The molecule has 1 fully saturated rings. The predicted molar refractivity (Wildman–Crippen MR) is 130 cm³/mol. The lowest BCUT2D eigenvalue weighted by atomic mass is 9.93. The van der Waals surface area contributed by atoms with E-state index in [9.17, 15) is 31.5 Å². The average molecular weight is 553 g/mol. The molecule has 0 aliphatic carbocycles. The molecule has 1 saturated heterocycles. The van der Waals surface area contributed by atoms with Crippen LogP contribution in [0.15, 0.2) is 60.7 Å². The van der Waals surface area contributed by atoms with Crippen LogP contribution in [0.3, 0.4) is 0 Å². The van der Waals surface area contributed by atoms with E-state index in [1.807, 2.05) is 0 Å². The van der Waals surface area contributed by atoms with Crippen molar-refractivity contribution < 1.29 is 36.3 Å². The molecule has 3 aromatic carbocycles. The molecule has 200 valence electrons. The van der Waals surface area contributed by atoms with E-state index in [-0.39, 0.29) is 30.4 Å². The smallest absolute Gasteiger partial charge is 0.416 e. The molecule has 0 saturated carbocycles. The second-order valence-electron chi connectivity index (χ2n) is 8.88. The fraction of sp³-hybridized carbons (Fsp3) is 0.259. The third-order valence-electron chi connectivity index (χ3n) is 6.34. The van der Waals surface area contributed by atoms with Crippen LogP contribution in [-0.2, 0) is 17.5 Å². The number of alkyl halides is 3. The fourth-order valence-electron chi connectivity index (χ4n) is 4.53. The molecule has 5 nitrogen and oxygen atoms in total. The highest BCUT2D eigenvalue weighted by atomic mass is 35.5. The van der Waals surface area contributed by atoms with Crippen molar-refractivity contribution in [2.45, 2.75) is 25.2 Å². The van der Waals surface area contributed by atoms with Gasteiger partial charge in [0, 0.05) is 36.0 Å². The maximum Gasteiger partial charge on any atom is 0.416 e. The molecule has 11 heteroatoms. The summed E-state index contributed by atoms with van der Waals surface area (Å²) >= 11 is 6.38. The second kappa shape index (κ2) is 11.0. The number of carbonyl (C=O) groups excluding carboxylic acids is 2. The zero-order valence-corrected chi connectivity index (χ0v) is 20.7. The summed E-state index contributed by atoms with van der Waals surface area (Å²) < 4.78 is 72.3. The summed E-state index contributed by atoms with van der Waals surface area (Å²) in [6, 6.07) is 11.5. The molecule has 0 bridgehead atoms. The minimum atomic E-state index is -4.84. The molecule has 0 unspecified atom stereocenters. The summed E-state index contributed by atoms with van der Waals surface area (Å²) in [5.41, 5.74) is -0.720. The summed E-state index contributed by atoms with van der Waals surface area (Å²) in [5, 5.41) is 2.71. The number of methoxy groups -OCH3 is 1. The number of carbonyl (C=O) groups is 2. The topological polar surface area (TPSA) is 58.6 Å². The minimum Gasteiger partial charge on any atom is -0.497 e. The van der Waals surface area contributed by atoms with Crippen molar-refractivity contribution in [3.63, 3.8) is 0 Å². The van der Waals surface area contributed by atoms with E-state index < -0.39 is 46.8 Å². The van der Waals surface area contributed by atoms with Gasteiger partial charge in [-0.3, -0.25) is 9.59 Å². The van der Waals surface area contributed by atoms with Crippen molar-refractivity contribution in [1.29, 1.82) is 0 Å². The largest absolute Gasteiger partial charge is 0.497 e. The molecule has 2 amide bonds. The van der Waals surface area contributed by atoms with Gasteiger partial charge in [0.05, 0.1) is 18.7 Å². The van der Waals surface area contributed by atoms with Crippen LogP contribution in [-0.4, -0.2) is 30.4 Å². The van der Waals surface area contributed by atoms with Crippen molar-refractivity contribution >= 4 is 23.4 Å². The van der Waals surface area contributed by atoms with Crippen LogP contribution in [0, 0.1) is 17.6 Å². The summed E-state index contributed by atoms with van der Waals surface area (Å²) in [6.45, 7) is 0.00266. The van der Waals surface area contributed by atoms with Crippen LogP contribution < -0.4 is 10.1 Å². The number of likely N-dealkylation sites (tertiary alicyclic amines) is 1. The van der Waals surface area contributed by atoms with Gasteiger partial charge in [0.15, 0.2) is 0 Å². The Bertz CT molecular complexity index is 1350. The number of ether oxygens (including phenoxy) is 1. The summed E-state index contributed by atoms with van der Waals surface area (Å²) in [6.07, 6.45) is -4.87. The van der Waals surface area contributed by atoms with Gasteiger partial charge in [-0.25, -0.2) is 8.78 Å². The van der Waals surface area contributed by atoms with Crippen LogP contribution in [0.5, 0.6) is 5.75 Å². The van der Waals surface area contributed by atoms with Crippen LogP contribution in [0.1, 0.15) is 39.5 Å². The minimum absolute atomic E-state index is 0.0368. The van der Waals surface area contributed by atoms with Crippen molar-refractivity contribution in [3.8, 4) is 5.75 Å². The first kappa shape index (κ1) is 27.4. The maximum absolute atomic E-state index is 14.2. The average Bonchev–Trinajstić information content (AvgIpc) is 3.18. The summed E-state index contributed by atoms with van der Waals surface area (Å²) in [7, 11) is 1.52. The molecule has 2 atom stereocenters. The highest BCUT2D eigenvalue weighted by Crippen LogP contribution is 2.42. The Hall–Kier alpha value is -3.66. The normalized spacial score (nSPS) is 17.6. The summed E-state index contributed by atoms with van der Waals surface area (Å²) in [4.78, 5) is 27.3. The third-order valence-corrected chi connectivity index (χ3v) is 6.68. The molecule has 1 aliphatic rings. The highest BCUT2D eigenvalue weighted by Gasteiger charge is 2.42. The van der Waals surface area contributed by atoms with Crippen LogP contribution >= 0.6 is 11.6 Å². The Morgan fingerprint density at radius 3 is 2.42 bits per heavy atom. The number of nitrogens with zero attached hydrogens (tertiary/aromatic N) is 1. The van der Waals surface area contributed by atoms with E-state index in [0.29, 0.717) is 29.5 Å². The van der Waals surface area contributed by atoms with Gasteiger partial charge in [-0.05, 0) is 59.7 Å². The van der Waals surface area contributed by atoms with Crippen molar-refractivity contribution in [3.05, 3.63) is 99.6 Å². The third kappa shape index (κ3) is 6.07. The van der Waals surface area contributed by atoms with Gasteiger partial charge in [0.1, 0.15) is 17.4 Å². The lowest BCUT2D eigenvalue weighted by molar-refractivity contribution is -0.137. The lowest BCUT2D eigenvalue weighted by Gasteiger charge is -2.30. The van der Waals surface area contributed by atoms with Crippen LogP contribution in [0.25, 0.3) is 0 Å². The molecule has 0 aromatic heterocycles. The predicted octanol–water partition coefficient (Wildman–Crippen LogP) is 6.17. The molecule has 0 radical (unpaired) electrons. The zero-order chi connectivity index (χ0) is 27.6. The van der Waals surface area contributed by atoms with Gasteiger partial charge in [-0.2, -0.15) is 13.2 Å². The first-order valence-electron chi connectivity index (χ1n) is 11.5.